The summed E-state index contributed by atoms with van der Waals surface area (Å²) in [7, 11) is -1.85. The first-order chi connectivity index (χ1) is 9.55. The lowest BCUT2D eigenvalue weighted by Crippen LogP contribution is -2.42. The maximum atomic E-state index is 12.8. The van der Waals surface area contributed by atoms with Gasteiger partial charge in [-0.1, -0.05) is 27.7 Å². The minimum Gasteiger partial charge on any atom is -0.349 e. The maximum absolute atomic E-state index is 12.8. The first-order valence-electron chi connectivity index (χ1n) is 7.42. The van der Waals surface area contributed by atoms with Crippen LogP contribution in [0.2, 0.25) is 0 Å². The highest BCUT2D eigenvalue weighted by atomic mass is 32.2. The molecule has 0 radical (unpaired) electrons. The summed E-state index contributed by atoms with van der Waals surface area (Å²) in [5, 5.41) is 0. The molecule has 0 aromatic carbocycles. The number of hydrogen-bond acceptors (Lipinski definition) is 3. The quantitative estimate of drug-likeness (QED) is 0.876. The third-order valence-corrected chi connectivity index (χ3v) is 6.00. The van der Waals surface area contributed by atoms with E-state index in [2.05, 4.69) is 6.92 Å². The van der Waals surface area contributed by atoms with Crippen molar-refractivity contribution in [3.63, 3.8) is 0 Å². The van der Waals surface area contributed by atoms with Crippen LogP contribution in [0.25, 0.3) is 0 Å². The Hall–Kier alpha value is -0.850. The van der Waals surface area contributed by atoms with E-state index in [-0.39, 0.29) is 11.5 Å². The smallest absolute Gasteiger partial charge is 0.244 e. The SMILES string of the molecule is CCCn1cc(S(=O)(=O)N(C)C(C)C(C)(C)C)cc1CN. The molecule has 1 aromatic heterocycles. The highest BCUT2D eigenvalue weighted by Crippen LogP contribution is 2.28. The zero-order valence-corrected chi connectivity index (χ0v) is 14.9. The van der Waals surface area contributed by atoms with E-state index in [1.54, 1.807) is 19.3 Å². The largest absolute Gasteiger partial charge is 0.349 e. The predicted molar refractivity (Wildman–Crippen MR) is 86.5 cm³/mol. The van der Waals surface area contributed by atoms with Gasteiger partial charge in [0.2, 0.25) is 10.0 Å². The van der Waals surface area contributed by atoms with Crippen molar-refractivity contribution in [1.82, 2.24) is 8.87 Å². The van der Waals surface area contributed by atoms with Crippen LogP contribution >= 0.6 is 0 Å². The Morgan fingerprint density at radius 3 is 2.38 bits per heavy atom. The summed E-state index contributed by atoms with van der Waals surface area (Å²) in [6, 6.07) is 1.59. The van der Waals surface area contributed by atoms with Crippen molar-refractivity contribution < 1.29 is 8.42 Å². The summed E-state index contributed by atoms with van der Waals surface area (Å²) < 4.78 is 28.9. The summed E-state index contributed by atoms with van der Waals surface area (Å²) in [5.41, 5.74) is 6.45. The van der Waals surface area contributed by atoms with Gasteiger partial charge in [-0.05, 0) is 24.8 Å². The number of rotatable bonds is 6. The molecule has 0 saturated heterocycles. The molecule has 0 saturated carbocycles. The van der Waals surface area contributed by atoms with E-state index >= 15 is 0 Å². The lowest BCUT2D eigenvalue weighted by atomic mass is 9.88. The van der Waals surface area contributed by atoms with E-state index in [1.165, 1.54) is 4.31 Å². The summed E-state index contributed by atoms with van der Waals surface area (Å²) >= 11 is 0. The van der Waals surface area contributed by atoms with Crippen LogP contribution in [0.3, 0.4) is 0 Å². The van der Waals surface area contributed by atoms with Gasteiger partial charge >= 0.3 is 0 Å². The van der Waals surface area contributed by atoms with Crippen molar-refractivity contribution in [2.24, 2.45) is 11.1 Å². The van der Waals surface area contributed by atoms with Crippen molar-refractivity contribution >= 4 is 10.0 Å². The molecular weight excluding hydrogens is 286 g/mol. The second-order valence-corrected chi connectivity index (χ2v) is 8.63. The molecule has 0 aliphatic rings. The van der Waals surface area contributed by atoms with Gasteiger partial charge < -0.3 is 10.3 Å². The highest BCUT2D eigenvalue weighted by Gasteiger charge is 2.33. The Kier molecular flexibility index (Phi) is 5.63. The van der Waals surface area contributed by atoms with Gasteiger partial charge in [-0.15, -0.1) is 0 Å². The van der Waals surface area contributed by atoms with Crippen LogP contribution in [0.5, 0.6) is 0 Å². The molecule has 1 aromatic rings. The van der Waals surface area contributed by atoms with E-state index in [9.17, 15) is 8.42 Å². The second-order valence-electron chi connectivity index (χ2n) is 6.63. The minimum absolute atomic E-state index is 0.0987. The molecule has 2 N–H and O–H groups in total. The number of nitrogens with two attached hydrogens (primary N) is 1. The average molecular weight is 315 g/mol. The standard InChI is InChI=1S/C15H29N3O2S/c1-7-8-18-11-14(9-13(18)10-16)21(19,20)17(6)12(2)15(3,4)5/h9,11-12H,7-8,10,16H2,1-6H3. The van der Waals surface area contributed by atoms with Gasteiger partial charge in [-0.25, -0.2) is 8.42 Å². The van der Waals surface area contributed by atoms with E-state index in [0.29, 0.717) is 11.4 Å². The Balaban J connectivity index is 3.19. The van der Waals surface area contributed by atoms with Crippen LogP contribution in [0.1, 0.15) is 46.7 Å². The van der Waals surface area contributed by atoms with Crippen LogP contribution in [-0.2, 0) is 23.1 Å². The molecule has 1 atom stereocenters. The molecule has 5 nitrogen and oxygen atoms in total. The van der Waals surface area contributed by atoms with Gasteiger partial charge in [0.15, 0.2) is 0 Å². The third kappa shape index (κ3) is 3.87. The molecule has 6 heteroatoms. The van der Waals surface area contributed by atoms with Crippen molar-refractivity contribution in [3.8, 4) is 0 Å². The highest BCUT2D eigenvalue weighted by molar-refractivity contribution is 7.89. The van der Waals surface area contributed by atoms with Crippen LogP contribution in [0.4, 0.5) is 0 Å². The normalized spacial score (nSPS) is 14.7. The monoisotopic (exact) mass is 315 g/mol. The molecule has 0 aliphatic heterocycles. The third-order valence-electron chi connectivity index (χ3n) is 4.11. The predicted octanol–water partition coefficient (Wildman–Crippen LogP) is 2.41. The van der Waals surface area contributed by atoms with Crippen LogP contribution < -0.4 is 5.73 Å². The fourth-order valence-electron chi connectivity index (χ4n) is 2.21. The van der Waals surface area contributed by atoms with Gasteiger partial charge in [0.25, 0.3) is 0 Å². The molecule has 1 heterocycles. The zero-order valence-electron chi connectivity index (χ0n) is 14.0. The molecule has 0 amide bonds. The Bertz CT molecular complexity index is 570. The fourth-order valence-corrected chi connectivity index (χ4v) is 3.82. The Morgan fingerprint density at radius 1 is 1.38 bits per heavy atom. The van der Waals surface area contributed by atoms with Crippen molar-refractivity contribution in [2.45, 2.75) is 65.1 Å². The lowest BCUT2D eigenvalue weighted by Gasteiger charge is -2.34. The zero-order chi connectivity index (χ0) is 16.4. The molecule has 21 heavy (non-hydrogen) atoms. The molecule has 0 bridgehead atoms. The van der Waals surface area contributed by atoms with Crippen molar-refractivity contribution in [1.29, 1.82) is 0 Å². The topological polar surface area (TPSA) is 68.3 Å². The van der Waals surface area contributed by atoms with Gasteiger partial charge in [-0.3, -0.25) is 0 Å². The first kappa shape index (κ1) is 18.2. The Labute approximate surface area is 129 Å². The molecule has 0 aliphatic carbocycles. The van der Waals surface area contributed by atoms with Gasteiger partial charge in [-0.2, -0.15) is 4.31 Å². The van der Waals surface area contributed by atoms with E-state index in [0.717, 1.165) is 18.7 Å². The van der Waals surface area contributed by atoms with Gasteiger partial charge in [0, 0.05) is 38.1 Å². The van der Waals surface area contributed by atoms with Crippen LogP contribution in [-0.4, -0.2) is 30.4 Å². The lowest BCUT2D eigenvalue weighted by molar-refractivity contribution is 0.216. The average Bonchev–Trinajstić information content (AvgIpc) is 2.80. The number of nitrogens with zero attached hydrogens (tertiary/aromatic N) is 2. The number of aryl methyl sites for hydroxylation is 1. The number of hydrogen-bond donors (Lipinski definition) is 1. The Morgan fingerprint density at radius 2 is 1.95 bits per heavy atom. The van der Waals surface area contributed by atoms with Crippen LogP contribution in [0, 0.1) is 5.41 Å². The second kappa shape index (κ2) is 6.50. The van der Waals surface area contributed by atoms with Crippen LogP contribution in [0.15, 0.2) is 17.2 Å². The molecule has 1 rings (SSSR count). The summed E-state index contributed by atoms with van der Waals surface area (Å²) in [4.78, 5) is 0.329. The van der Waals surface area contributed by atoms with Crippen molar-refractivity contribution in [3.05, 3.63) is 18.0 Å². The summed E-state index contributed by atoms with van der Waals surface area (Å²) in [6.45, 7) is 11.2. The molecule has 1 unspecified atom stereocenters. The summed E-state index contributed by atoms with van der Waals surface area (Å²) in [5.74, 6) is 0. The van der Waals surface area contributed by atoms with E-state index in [4.69, 9.17) is 5.73 Å². The molecule has 0 spiro atoms. The number of aromatic nitrogens is 1. The maximum Gasteiger partial charge on any atom is 0.244 e. The first-order valence-corrected chi connectivity index (χ1v) is 8.86. The summed E-state index contributed by atoms with van der Waals surface area (Å²) in [6.07, 6.45) is 2.64. The molecule has 122 valence electrons. The van der Waals surface area contributed by atoms with Gasteiger partial charge in [0.05, 0.1) is 0 Å². The van der Waals surface area contributed by atoms with E-state index in [1.807, 2.05) is 32.3 Å². The molecule has 0 fully saturated rings. The fraction of sp³-hybridized carbons (Fsp3) is 0.733. The van der Waals surface area contributed by atoms with E-state index < -0.39 is 10.0 Å². The van der Waals surface area contributed by atoms with Crippen molar-refractivity contribution in [2.75, 3.05) is 7.05 Å². The molecular formula is C15H29N3O2S. The number of sulfonamides is 1. The van der Waals surface area contributed by atoms with Gasteiger partial charge in [0.1, 0.15) is 4.90 Å². The minimum atomic E-state index is -3.49.